The summed E-state index contributed by atoms with van der Waals surface area (Å²) in [5.74, 6) is -2.39. The van der Waals surface area contributed by atoms with Crippen molar-refractivity contribution in [3.8, 4) is 0 Å². The second-order valence-electron chi connectivity index (χ2n) is 4.31. The van der Waals surface area contributed by atoms with Crippen molar-refractivity contribution in [2.75, 3.05) is 13.7 Å². The highest BCUT2D eigenvalue weighted by atomic mass is 19.4. The first-order valence-electron chi connectivity index (χ1n) is 5.49. The Labute approximate surface area is 105 Å². The first-order chi connectivity index (χ1) is 8.78. The summed E-state index contributed by atoms with van der Waals surface area (Å²) >= 11 is 0. The number of halogens is 4. The molecular weight excluding hydrogens is 270 g/mol. The average molecular weight is 282 g/mol. The predicted octanol–water partition coefficient (Wildman–Crippen LogP) is 1.33. The van der Waals surface area contributed by atoms with Crippen LogP contribution in [0.5, 0.6) is 0 Å². The summed E-state index contributed by atoms with van der Waals surface area (Å²) in [6.45, 7) is -0.697. The van der Waals surface area contributed by atoms with Crippen LogP contribution in [0.1, 0.15) is 11.3 Å². The van der Waals surface area contributed by atoms with Gasteiger partial charge >= 0.3 is 12.1 Å². The van der Waals surface area contributed by atoms with Gasteiger partial charge in [-0.3, -0.25) is 4.68 Å². The number of carbonyl (C=O) groups excluding carboxylic acids is 1. The largest absolute Gasteiger partial charge is 0.513 e. The lowest BCUT2D eigenvalue weighted by Gasteiger charge is -2.18. The lowest BCUT2D eigenvalue weighted by molar-refractivity contribution is -1.01. The molecule has 2 heterocycles. The van der Waals surface area contributed by atoms with E-state index in [1.54, 1.807) is 0 Å². The van der Waals surface area contributed by atoms with E-state index in [1.165, 1.54) is 18.0 Å². The molecule has 0 spiro atoms. The van der Waals surface area contributed by atoms with Crippen molar-refractivity contribution in [3.05, 3.63) is 17.5 Å². The molecule has 0 radical (unpaired) electrons. The van der Waals surface area contributed by atoms with Crippen LogP contribution < -0.4 is 0 Å². The first-order valence-corrected chi connectivity index (χ1v) is 5.49. The van der Waals surface area contributed by atoms with E-state index >= 15 is 0 Å². The van der Waals surface area contributed by atoms with Gasteiger partial charge in [-0.15, -0.1) is 0 Å². The van der Waals surface area contributed by atoms with Gasteiger partial charge in [-0.1, -0.05) is 4.71 Å². The zero-order valence-electron chi connectivity index (χ0n) is 10.1. The van der Waals surface area contributed by atoms with E-state index in [-0.39, 0.29) is 0 Å². The Bertz CT molecular complexity index is 499. The molecule has 2 rings (SSSR count). The Morgan fingerprint density at radius 1 is 1.53 bits per heavy atom. The molecule has 0 N–H and O–H groups in total. The number of hydrogen-bond donors (Lipinski definition) is 0. The lowest BCUT2D eigenvalue weighted by Crippen LogP contribution is -2.48. The maximum atomic E-state index is 14.1. The van der Waals surface area contributed by atoms with Crippen LogP contribution in [-0.4, -0.2) is 40.3 Å². The molecular formula is C10H12F4N3O2+. The summed E-state index contributed by atoms with van der Waals surface area (Å²) in [4.78, 5) is 11.1. The minimum Gasteiger partial charge on any atom is -0.383 e. The molecule has 0 aliphatic carbocycles. The van der Waals surface area contributed by atoms with Crippen LogP contribution in [-0.2, 0) is 29.2 Å². The van der Waals surface area contributed by atoms with Crippen LogP contribution >= 0.6 is 0 Å². The van der Waals surface area contributed by atoms with Crippen LogP contribution in [0.4, 0.5) is 17.7 Å². The molecule has 19 heavy (non-hydrogen) atoms. The normalized spacial score (nSPS) is 22.6. The molecule has 0 aromatic carbocycles. The van der Waals surface area contributed by atoms with E-state index in [4.69, 9.17) is 4.74 Å². The smallest absolute Gasteiger partial charge is 0.383 e. The third-order valence-electron chi connectivity index (χ3n) is 2.97. The van der Waals surface area contributed by atoms with Crippen molar-refractivity contribution in [2.45, 2.75) is 25.8 Å². The van der Waals surface area contributed by atoms with Gasteiger partial charge in [0.15, 0.2) is 13.1 Å². The van der Waals surface area contributed by atoms with Gasteiger partial charge < -0.3 is 4.74 Å². The van der Waals surface area contributed by atoms with Gasteiger partial charge in [0, 0.05) is 11.6 Å². The fourth-order valence-corrected chi connectivity index (χ4v) is 2.07. The van der Waals surface area contributed by atoms with E-state index in [0.29, 0.717) is 24.4 Å². The second kappa shape index (κ2) is 4.57. The number of carbonyl (C=O) groups is 1. The van der Waals surface area contributed by atoms with Gasteiger partial charge in [0.25, 0.3) is 0 Å². The Morgan fingerprint density at radius 2 is 2.21 bits per heavy atom. The molecule has 1 atom stereocenters. The maximum absolute atomic E-state index is 14.1. The van der Waals surface area contributed by atoms with Crippen molar-refractivity contribution >= 4 is 5.91 Å². The fraction of sp³-hybridized carbons (Fsp3) is 0.600. The monoisotopic (exact) mass is 282 g/mol. The molecule has 9 heteroatoms. The van der Waals surface area contributed by atoms with Crippen molar-refractivity contribution in [3.63, 3.8) is 0 Å². The number of methoxy groups -OCH3 is 1. The molecule has 1 unspecified atom stereocenters. The SMILES string of the molecule is COCCn1ncc2c1C[N+](F)(C(=O)C(F)(F)F)C2. The number of hydrogen-bond acceptors (Lipinski definition) is 3. The number of amides is 1. The van der Waals surface area contributed by atoms with Crippen LogP contribution in [0.15, 0.2) is 6.20 Å². The highest BCUT2D eigenvalue weighted by Gasteiger charge is 2.60. The molecule has 0 fully saturated rings. The van der Waals surface area contributed by atoms with Gasteiger partial charge in [-0.2, -0.15) is 18.3 Å². The zero-order chi connectivity index (χ0) is 14.3. The fourth-order valence-electron chi connectivity index (χ4n) is 2.07. The van der Waals surface area contributed by atoms with E-state index in [0.717, 1.165) is 0 Å². The number of aromatic nitrogens is 2. The molecule has 1 aromatic rings. The molecule has 106 valence electrons. The third-order valence-corrected chi connectivity index (χ3v) is 2.97. The number of nitrogens with zero attached hydrogens (tertiary/aromatic N) is 3. The Morgan fingerprint density at radius 3 is 2.79 bits per heavy atom. The van der Waals surface area contributed by atoms with Crippen LogP contribution in [0, 0.1) is 0 Å². The summed E-state index contributed by atoms with van der Waals surface area (Å²) in [6, 6.07) is 0. The standard InChI is InChI=1S/C10H12F4N3O2/c1-19-3-2-16-8-6-17(14,5-7(8)4-15-16)9(18)10(11,12)13/h4H,2-3,5-6H2,1H3/q+1. The van der Waals surface area contributed by atoms with Crippen LogP contribution in [0.25, 0.3) is 0 Å². The highest BCUT2D eigenvalue weighted by Crippen LogP contribution is 2.35. The lowest BCUT2D eigenvalue weighted by atomic mass is 10.3. The summed E-state index contributed by atoms with van der Waals surface area (Å²) < 4.78 is 55.1. The van der Waals surface area contributed by atoms with Crippen LogP contribution in [0.3, 0.4) is 0 Å². The highest BCUT2D eigenvalue weighted by molar-refractivity contribution is 5.75. The van der Waals surface area contributed by atoms with Gasteiger partial charge in [-0.25, -0.2) is 4.79 Å². The van der Waals surface area contributed by atoms with Gasteiger partial charge in [0.05, 0.1) is 24.9 Å². The molecule has 0 bridgehead atoms. The predicted molar refractivity (Wildman–Crippen MR) is 53.9 cm³/mol. The van der Waals surface area contributed by atoms with Crippen molar-refractivity contribution in [1.29, 1.82) is 0 Å². The van der Waals surface area contributed by atoms with Crippen molar-refractivity contribution in [2.24, 2.45) is 0 Å². The Hall–Kier alpha value is -1.48. The van der Waals surface area contributed by atoms with Gasteiger partial charge in [-0.05, 0) is 0 Å². The number of ether oxygens (including phenoxy) is 1. The average Bonchev–Trinajstić information content (AvgIpc) is 2.82. The number of rotatable bonds is 3. The number of quaternary nitrogens is 1. The molecule has 0 saturated carbocycles. The van der Waals surface area contributed by atoms with Gasteiger partial charge in [0.2, 0.25) is 0 Å². The quantitative estimate of drug-likeness (QED) is 0.620. The summed E-state index contributed by atoms with van der Waals surface area (Å²) in [5, 5.41) is 3.93. The zero-order valence-corrected chi connectivity index (χ0v) is 10.1. The molecule has 1 aromatic heterocycles. The molecule has 1 amide bonds. The molecule has 1 aliphatic heterocycles. The van der Waals surface area contributed by atoms with E-state index in [1.807, 2.05) is 0 Å². The summed E-state index contributed by atoms with van der Waals surface area (Å²) in [7, 11) is 1.46. The second-order valence-corrected chi connectivity index (χ2v) is 4.31. The van der Waals surface area contributed by atoms with Crippen LogP contribution in [0.2, 0.25) is 0 Å². The maximum Gasteiger partial charge on any atom is 0.513 e. The topological polar surface area (TPSA) is 44.1 Å². The molecule has 5 nitrogen and oxygen atoms in total. The van der Waals surface area contributed by atoms with Gasteiger partial charge in [0.1, 0.15) is 5.69 Å². The third kappa shape index (κ3) is 2.47. The van der Waals surface area contributed by atoms with E-state index in [2.05, 4.69) is 5.10 Å². The Kier molecular flexibility index (Phi) is 3.35. The van der Waals surface area contributed by atoms with E-state index in [9.17, 15) is 22.4 Å². The van der Waals surface area contributed by atoms with Crippen molar-refractivity contribution < 1.29 is 31.9 Å². The molecule has 1 aliphatic rings. The minimum absolute atomic E-state index is 0.298. The molecule has 0 saturated heterocycles. The van der Waals surface area contributed by atoms with E-state index < -0.39 is 29.9 Å². The van der Waals surface area contributed by atoms with Crippen molar-refractivity contribution in [1.82, 2.24) is 9.78 Å². The minimum atomic E-state index is -5.19. The number of fused-ring (bicyclic) bond motifs is 1. The Balaban J connectivity index is 2.20. The number of alkyl halides is 3. The first kappa shape index (κ1) is 13.9. The summed E-state index contributed by atoms with van der Waals surface area (Å²) in [5.41, 5.74) is 0.619. The summed E-state index contributed by atoms with van der Waals surface area (Å²) in [6.07, 6.45) is -3.91.